The van der Waals surface area contributed by atoms with E-state index in [4.69, 9.17) is 0 Å². The third-order valence-electron chi connectivity index (χ3n) is 3.89. The zero-order chi connectivity index (χ0) is 16.2. The largest absolute Gasteiger partial charge is 0.336 e. The number of hydrogen-bond donors (Lipinski definition) is 2. The highest BCUT2D eigenvalue weighted by atomic mass is 16.2. The van der Waals surface area contributed by atoms with Crippen LogP contribution in [0.5, 0.6) is 0 Å². The molecule has 0 aliphatic carbocycles. The molecule has 1 saturated heterocycles. The van der Waals surface area contributed by atoms with Gasteiger partial charge in [0.25, 0.3) is 0 Å². The summed E-state index contributed by atoms with van der Waals surface area (Å²) in [6, 6.07) is 14.2. The van der Waals surface area contributed by atoms with Crippen molar-refractivity contribution in [1.82, 2.24) is 20.5 Å². The fourth-order valence-corrected chi connectivity index (χ4v) is 2.74. The molecule has 118 valence electrons. The summed E-state index contributed by atoms with van der Waals surface area (Å²) in [5, 5.41) is 5.24. The van der Waals surface area contributed by atoms with E-state index in [1.165, 1.54) is 0 Å². The maximum Gasteiger partial charge on any atom is 0.315 e. The fraction of sp³-hybridized carbons (Fsp3) is 0.235. The van der Waals surface area contributed by atoms with Gasteiger partial charge in [-0.05, 0) is 17.7 Å². The van der Waals surface area contributed by atoms with Crippen LogP contribution >= 0.6 is 0 Å². The Bertz CT molecular complexity index is 651. The molecule has 2 unspecified atom stereocenters. The highest BCUT2D eigenvalue weighted by Crippen LogP contribution is 2.26. The van der Waals surface area contributed by atoms with Gasteiger partial charge in [0.05, 0.1) is 11.7 Å². The van der Waals surface area contributed by atoms with Crippen LogP contribution in [0.4, 0.5) is 4.79 Å². The number of likely N-dealkylation sites (N-methyl/N-ethyl adjacent to an activating group) is 1. The van der Waals surface area contributed by atoms with Crippen LogP contribution in [-0.2, 0) is 4.79 Å². The Labute approximate surface area is 134 Å². The Balaban J connectivity index is 1.92. The van der Waals surface area contributed by atoms with Crippen molar-refractivity contribution < 1.29 is 9.59 Å². The summed E-state index contributed by atoms with van der Waals surface area (Å²) in [5.41, 5.74) is 1.76. The number of benzene rings is 1. The van der Waals surface area contributed by atoms with Crippen LogP contribution in [0.25, 0.3) is 0 Å². The van der Waals surface area contributed by atoms with E-state index < -0.39 is 6.04 Å². The third kappa shape index (κ3) is 3.15. The minimum atomic E-state index is -0.553. The van der Waals surface area contributed by atoms with Gasteiger partial charge in [0.2, 0.25) is 5.91 Å². The summed E-state index contributed by atoms with van der Waals surface area (Å²) >= 11 is 0. The summed E-state index contributed by atoms with van der Waals surface area (Å²) in [7, 11) is 1.74. The summed E-state index contributed by atoms with van der Waals surface area (Å²) in [5.74, 6) is -0.150. The second-order valence-corrected chi connectivity index (χ2v) is 5.42. The minimum Gasteiger partial charge on any atom is -0.336 e. The van der Waals surface area contributed by atoms with Crippen LogP contribution in [0.3, 0.4) is 0 Å². The molecule has 6 nitrogen and oxygen atoms in total. The van der Waals surface area contributed by atoms with E-state index in [0.29, 0.717) is 6.54 Å². The molecule has 2 atom stereocenters. The lowest BCUT2D eigenvalue weighted by Gasteiger charge is -2.30. The lowest BCUT2D eigenvalue weighted by Crippen LogP contribution is -2.45. The molecule has 0 radical (unpaired) electrons. The van der Waals surface area contributed by atoms with Gasteiger partial charge in [-0.25, -0.2) is 4.79 Å². The van der Waals surface area contributed by atoms with Crippen molar-refractivity contribution in [2.24, 2.45) is 0 Å². The molecule has 1 aliphatic heterocycles. The number of nitrogens with zero attached hydrogens (tertiary/aromatic N) is 2. The number of nitrogens with one attached hydrogen (secondary N) is 2. The second-order valence-electron chi connectivity index (χ2n) is 5.42. The number of carbonyl (C=O) groups excluding carboxylic acids is 2. The van der Waals surface area contributed by atoms with Crippen molar-refractivity contribution in [3.8, 4) is 0 Å². The summed E-state index contributed by atoms with van der Waals surface area (Å²) < 4.78 is 0. The molecule has 3 amide bonds. The van der Waals surface area contributed by atoms with E-state index >= 15 is 0 Å². The third-order valence-corrected chi connectivity index (χ3v) is 3.89. The van der Waals surface area contributed by atoms with Crippen molar-refractivity contribution in [2.75, 3.05) is 13.6 Å². The second kappa shape index (κ2) is 6.48. The molecular formula is C17H18N4O2. The Kier molecular flexibility index (Phi) is 4.23. The van der Waals surface area contributed by atoms with Gasteiger partial charge in [-0.2, -0.15) is 0 Å². The molecule has 0 spiro atoms. The number of pyridine rings is 1. The van der Waals surface area contributed by atoms with E-state index in [0.717, 1.165) is 11.3 Å². The molecule has 1 aliphatic rings. The molecule has 23 heavy (non-hydrogen) atoms. The van der Waals surface area contributed by atoms with E-state index in [1.54, 1.807) is 18.1 Å². The zero-order valence-corrected chi connectivity index (χ0v) is 12.8. The predicted octanol–water partition coefficient (Wildman–Crippen LogP) is 1.31. The van der Waals surface area contributed by atoms with Crippen LogP contribution in [0, 0.1) is 0 Å². The first kappa shape index (κ1) is 15.0. The molecule has 0 saturated carbocycles. The van der Waals surface area contributed by atoms with E-state index in [-0.39, 0.29) is 18.0 Å². The number of aromatic nitrogens is 1. The van der Waals surface area contributed by atoms with Gasteiger partial charge in [0, 0.05) is 19.8 Å². The highest BCUT2D eigenvalue weighted by Gasteiger charge is 2.33. The number of hydrogen-bond acceptors (Lipinski definition) is 3. The van der Waals surface area contributed by atoms with Crippen molar-refractivity contribution in [1.29, 1.82) is 0 Å². The van der Waals surface area contributed by atoms with Crippen molar-refractivity contribution in [2.45, 2.75) is 12.1 Å². The van der Waals surface area contributed by atoms with Gasteiger partial charge in [0.15, 0.2) is 0 Å². The summed E-state index contributed by atoms with van der Waals surface area (Å²) in [6.45, 7) is 0.297. The molecule has 1 aromatic carbocycles. The van der Waals surface area contributed by atoms with Crippen molar-refractivity contribution in [3.05, 3.63) is 66.0 Å². The van der Waals surface area contributed by atoms with Crippen LogP contribution in [-0.4, -0.2) is 41.5 Å². The highest BCUT2D eigenvalue weighted by molar-refractivity contribution is 5.90. The van der Waals surface area contributed by atoms with Crippen LogP contribution in [0.2, 0.25) is 0 Å². The molecule has 1 aromatic heterocycles. The smallest absolute Gasteiger partial charge is 0.315 e. The van der Waals surface area contributed by atoms with Gasteiger partial charge in [-0.3, -0.25) is 9.78 Å². The predicted molar refractivity (Wildman–Crippen MR) is 85.6 cm³/mol. The first-order valence-electron chi connectivity index (χ1n) is 7.43. The fourth-order valence-electron chi connectivity index (χ4n) is 2.74. The summed E-state index contributed by atoms with van der Waals surface area (Å²) in [6.07, 6.45) is 1.71. The normalized spacial score (nSPS) is 18.0. The molecule has 0 bridgehead atoms. The van der Waals surface area contributed by atoms with Gasteiger partial charge in [-0.15, -0.1) is 0 Å². The number of rotatable bonds is 4. The van der Waals surface area contributed by atoms with Gasteiger partial charge >= 0.3 is 6.03 Å². The minimum absolute atomic E-state index is 0.150. The molecule has 2 aromatic rings. The molecule has 6 heteroatoms. The zero-order valence-electron chi connectivity index (χ0n) is 12.8. The Hall–Kier alpha value is -2.89. The molecule has 1 fully saturated rings. The first-order chi connectivity index (χ1) is 11.2. The lowest BCUT2D eigenvalue weighted by atomic mass is 10.0. The first-order valence-corrected chi connectivity index (χ1v) is 7.43. The number of carbonyl (C=O) groups is 2. The number of urea groups is 1. The quantitative estimate of drug-likeness (QED) is 0.894. The van der Waals surface area contributed by atoms with Gasteiger partial charge in [-0.1, -0.05) is 36.4 Å². The van der Waals surface area contributed by atoms with Crippen molar-refractivity contribution >= 4 is 11.9 Å². The molecule has 3 rings (SSSR count). The monoisotopic (exact) mass is 310 g/mol. The lowest BCUT2D eigenvalue weighted by molar-refractivity contribution is -0.132. The molecular weight excluding hydrogens is 292 g/mol. The molecule has 2 N–H and O–H groups in total. The average molecular weight is 310 g/mol. The molecule has 2 heterocycles. The standard InChI is InChI=1S/C17H18N4O2/c1-21(16(22)14-11-19-17(23)20-14)15(12-7-3-2-4-8-12)13-9-5-6-10-18-13/h2-10,14-15H,11H2,1H3,(H2,19,20,23). The number of amides is 3. The van der Waals surface area contributed by atoms with Crippen molar-refractivity contribution in [3.63, 3.8) is 0 Å². The van der Waals surface area contributed by atoms with E-state index in [9.17, 15) is 9.59 Å². The van der Waals surface area contributed by atoms with Crippen LogP contribution in [0.15, 0.2) is 54.7 Å². The summed E-state index contributed by atoms with van der Waals surface area (Å²) in [4.78, 5) is 30.0. The Morgan fingerprint density at radius 2 is 1.96 bits per heavy atom. The topological polar surface area (TPSA) is 74.3 Å². The average Bonchev–Trinajstić information content (AvgIpc) is 3.03. The van der Waals surface area contributed by atoms with Crippen LogP contribution in [0.1, 0.15) is 17.3 Å². The van der Waals surface area contributed by atoms with Crippen LogP contribution < -0.4 is 10.6 Å². The maximum absolute atomic E-state index is 12.7. The SMILES string of the molecule is CN(C(=O)C1CNC(=O)N1)C(c1ccccc1)c1ccccn1. The van der Waals surface area contributed by atoms with Gasteiger partial charge < -0.3 is 15.5 Å². The van der Waals surface area contributed by atoms with E-state index in [1.807, 2.05) is 48.5 Å². The van der Waals surface area contributed by atoms with E-state index in [2.05, 4.69) is 15.6 Å². The maximum atomic E-state index is 12.7. The Morgan fingerprint density at radius 1 is 1.22 bits per heavy atom. The van der Waals surface area contributed by atoms with Gasteiger partial charge in [0.1, 0.15) is 6.04 Å². The Morgan fingerprint density at radius 3 is 2.57 bits per heavy atom.